The molecule has 29 heavy (non-hydrogen) atoms. The number of hydrogen-bond acceptors (Lipinski definition) is 3. The van der Waals surface area contributed by atoms with E-state index in [-0.39, 0.29) is 5.91 Å². The molecule has 2 aromatic heterocycles. The van der Waals surface area contributed by atoms with E-state index >= 15 is 0 Å². The van der Waals surface area contributed by atoms with Crippen molar-refractivity contribution < 1.29 is 4.79 Å². The van der Waals surface area contributed by atoms with Gasteiger partial charge in [-0.05, 0) is 36.4 Å². The number of rotatable bonds is 3. The van der Waals surface area contributed by atoms with Crippen LogP contribution in [0.25, 0.3) is 33.5 Å². The molecule has 2 heterocycles. The summed E-state index contributed by atoms with van der Waals surface area (Å²) in [5.41, 5.74) is 4.76. The summed E-state index contributed by atoms with van der Waals surface area (Å²) in [5.74, 6) is 0.630. The van der Waals surface area contributed by atoms with Crippen molar-refractivity contribution in [2.45, 2.75) is 0 Å². The van der Waals surface area contributed by atoms with Crippen molar-refractivity contribution >= 4 is 33.5 Å². The van der Waals surface area contributed by atoms with Crippen LogP contribution in [0, 0.1) is 0 Å². The maximum atomic E-state index is 12.6. The molecular formula is C24H18N4O. The van der Waals surface area contributed by atoms with E-state index < -0.39 is 0 Å². The zero-order chi connectivity index (χ0) is 19.8. The molecule has 0 fully saturated rings. The molecule has 0 aliphatic carbocycles. The summed E-state index contributed by atoms with van der Waals surface area (Å²) in [6, 6.07) is 26.9. The molecule has 140 valence electrons. The van der Waals surface area contributed by atoms with E-state index in [1.54, 1.807) is 12.1 Å². The Morgan fingerprint density at radius 3 is 2.45 bits per heavy atom. The predicted molar refractivity (Wildman–Crippen MR) is 116 cm³/mol. The highest BCUT2D eigenvalue weighted by Gasteiger charge is 2.13. The zero-order valence-corrected chi connectivity index (χ0v) is 15.8. The van der Waals surface area contributed by atoms with Crippen LogP contribution in [0.4, 0.5) is 5.69 Å². The SMILES string of the molecule is Cn1c(-c2ccc3cccc(NC(=O)c4ccccc4)c3n2)nc2ccccc21. The monoisotopic (exact) mass is 378 g/mol. The molecule has 1 amide bonds. The van der Waals surface area contributed by atoms with E-state index in [0.29, 0.717) is 11.3 Å². The smallest absolute Gasteiger partial charge is 0.255 e. The van der Waals surface area contributed by atoms with Gasteiger partial charge in [-0.2, -0.15) is 0 Å². The third kappa shape index (κ3) is 3.02. The number of amides is 1. The lowest BCUT2D eigenvalue weighted by Crippen LogP contribution is -2.12. The van der Waals surface area contributed by atoms with Gasteiger partial charge in [0, 0.05) is 18.0 Å². The Labute approximate surface area is 167 Å². The fourth-order valence-corrected chi connectivity index (χ4v) is 3.53. The van der Waals surface area contributed by atoms with Crippen LogP contribution in [0.1, 0.15) is 10.4 Å². The standard InChI is InChI=1S/C24H18N4O/c1-28-21-13-6-5-11-18(21)26-23(28)20-15-14-16-10-7-12-19(22(16)25-20)27-24(29)17-8-3-2-4-9-17/h2-15H,1H3,(H,27,29). The first-order valence-electron chi connectivity index (χ1n) is 9.39. The molecule has 0 saturated heterocycles. The average molecular weight is 378 g/mol. The van der Waals surface area contributed by atoms with Gasteiger partial charge in [0.15, 0.2) is 5.82 Å². The van der Waals surface area contributed by atoms with Crippen molar-refractivity contribution in [3.8, 4) is 11.5 Å². The van der Waals surface area contributed by atoms with Gasteiger partial charge >= 0.3 is 0 Å². The fraction of sp³-hybridized carbons (Fsp3) is 0.0417. The van der Waals surface area contributed by atoms with E-state index in [2.05, 4.69) is 5.32 Å². The lowest BCUT2D eigenvalue weighted by atomic mass is 10.1. The molecular weight excluding hydrogens is 360 g/mol. The van der Waals surface area contributed by atoms with E-state index in [0.717, 1.165) is 33.5 Å². The van der Waals surface area contributed by atoms with Gasteiger partial charge in [0.2, 0.25) is 0 Å². The number of pyridine rings is 1. The average Bonchev–Trinajstić information content (AvgIpc) is 3.11. The lowest BCUT2D eigenvalue weighted by molar-refractivity contribution is 0.102. The summed E-state index contributed by atoms with van der Waals surface area (Å²) in [6.07, 6.45) is 0. The Morgan fingerprint density at radius 2 is 1.62 bits per heavy atom. The molecule has 0 atom stereocenters. The minimum atomic E-state index is -0.159. The number of imidazole rings is 1. The number of para-hydroxylation sites is 3. The number of fused-ring (bicyclic) bond motifs is 2. The minimum Gasteiger partial charge on any atom is -0.326 e. The summed E-state index contributed by atoms with van der Waals surface area (Å²) < 4.78 is 2.04. The summed E-state index contributed by atoms with van der Waals surface area (Å²) >= 11 is 0. The van der Waals surface area contributed by atoms with Crippen molar-refractivity contribution in [1.82, 2.24) is 14.5 Å². The zero-order valence-electron chi connectivity index (χ0n) is 15.8. The first-order chi connectivity index (χ1) is 14.2. The molecule has 5 heteroatoms. The Hall–Kier alpha value is -3.99. The molecule has 1 N–H and O–H groups in total. The highest BCUT2D eigenvalue weighted by atomic mass is 16.1. The van der Waals surface area contributed by atoms with Crippen LogP contribution in [0.15, 0.2) is 84.9 Å². The first-order valence-corrected chi connectivity index (χ1v) is 9.39. The highest BCUT2D eigenvalue weighted by Crippen LogP contribution is 2.27. The summed E-state index contributed by atoms with van der Waals surface area (Å²) in [4.78, 5) is 22.2. The van der Waals surface area contributed by atoms with Crippen LogP contribution in [-0.2, 0) is 7.05 Å². The molecule has 5 aromatic rings. The molecule has 0 spiro atoms. The molecule has 0 unspecified atom stereocenters. The third-order valence-corrected chi connectivity index (χ3v) is 5.02. The number of carbonyl (C=O) groups excluding carboxylic acids is 1. The van der Waals surface area contributed by atoms with Crippen LogP contribution in [-0.4, -0.2) is 20.4 Å². The number of nitrogens with zero attached hydrogens (tertiary/aromatic N) is 3. The second-order valence-electron chi connectivity index (χ2n) is 6.88. The maximum absolute atomic E-state index is 12.6. The number of benzene rings is 3. The molecule has 0 aliphatic rings. The van der Waals surface area contributed by atoms with Gasteiger partial charge in [0.05, 0.1) is 22.2 Å². The highest BCUT2D eigenvalue weighted by molar-refractivity contribution is 6.08. The van der Waals surface area contributed by atoms with Crippen LogP contribution in [0.3, 0.4) is 0 Å². The van der Waals surface area contributed by atoms with Crippen molar-refractivity contribution in [3.05, 3.63) is 90.5 Å². The Bertz CT molecular complexity index is 1360. The number of carbonyl (C=O) groups is 1. The number of aromatic nitrogens is 3. The van der Waals surface area contributed by atoms with E-state index in [4.69, 9.17) is 9.97 Å². The van der Waals surface area contributed by atoms with Crippen molar-refractivity contribution in [3.63, 3.8) is 0 Å². The van der Waals surface area contributed by atoms with E-state index in [9.17, 15) is 4.79 Å². The van der Waals surface area contributed by atoms with Crippen LogP contribution >= 0.6 is 0 Å². The van der Waals surface area contributed by atoms with E-state index in [1.807, 2.05) is 84.4 Å². The number of anilines is 1. The quantitative estimate of drug-likeness (QED) is 0.478. The first kappa shape index (κ1) is 17.1. The van der Waals surface area contributed by atoms with Crippen molar-refractivity contribution in [2.75, 3.05) is 5.32 Å². The lowest BCUT2D eigenvalue weighted by Gasteiger charge is -2.10. The van der Waals surface area contributed by atoms with Gasteiger partial charge in [-0.3, -0.25) is 4.79 Å². The maximum Gasteiger partial charge on any atom is 0.255 e. The topological polar surface area (TPSA) is 59.8 Å². The number of hydrogen-bond donors (Lipinski definition) is 1. The third-order valence-electron chi connectivity index (χ3n) is 5.02. The summed E-state index contributed by atoms with van der Waals surface area (Å²) in [7, 11) is 1.99. The Balaban J connectivity index is 1.60. The minimum absolute atomic E-state index is 0.159. The second kappa shape index (κ2) is 6.87. The molecule has 3 aromatic carbocycles. The van der Waals surface area contributed by atoms with Crippen LogP contribution in [0.5, 0.6) is 0 Å². The van der Waals surface area contributed by atoms with Crippen molar-refractivity contribution in [2.24, 2.45) is 7.05 Å². The molecule has 0 bridgehead atoms. The van der Waals surface area contributed by atoms with Gasteiger partial charge in [-0.15, -0.1) is 0 Å². The predicted octanol–water partition coefficient (Wildman–Crippen LogP) is 5.04. The molecule has 0 aliphatic heterocycles. The van der Waals surface area contributed by atoms with E-state index in [1.165, 1.54) is 0 Å². The molecule has 5 nitrogen and oxygen atoms in total. The second-order valence-corrected chi connectivity index (χ2v) is 6.88. The molecule has 0 saturated carbocycles. The van der Waals surface area contributed by atoms with Gasteiger partial charge < -0.3 is 9.88 Å². The number of aryl methyl sites for hydroxylation is 1. The summed E-state index contributed by atoms with van der Waals surface area (Å²) in [5, 5.41) is 3.95. The normalized spacial score (nSPS) is 11.1. The van der Waals surface area contributed by atoms with Gasteiger partial charge in [0.25, 0.3) is 5.91 Å². The fourth-order valence-electron chi connectivity index (χ4n) is 3.53. The summed E-state index contributed by atoms with van der Waals surface area (Å²) in [6.45, 7) is 0. The van der Waals surface area contributed by atoms with Crippen molar-refractivity contribution in [1.29, 1.82) is 0 Å². The van der Waals surface area contributed by atoms with Gasteiger partial charge in [0.1, 0.15) is 5.69 Å². The molecule has 0 radical (unpaired) electrons. The van der Waals surface area contributed by atoms with Crippen LogP contribution in [0.2, 0.25) is 0 Å². The van der Waals surface area contributed by atoms with Gasteiger partial charge in [-0.1, -0.05) is 48.5 Å². The number of nitrogens with one attached hydrogen (secondary N) is 1. The Morgan fingerprint density at radius 1 is 0.828 bits per heavy atom. The van der Waals surface area contributed by atoms with Crippen LogP contribution < -0.4 is 5.32 Å². The Kier molecular flexibility index (Phi) is 4.06. The largest absolute Gasteiger partial charge is 0.326 e. The van der Waals surface area contributed by atoms with Gasteiger partial charge in [-0.25, -0.2) is 9.97 Å². The molecule has 5 rings (SSSR count).